The van der Waals surface area contributed by atoms with E-state index in [9.17, 15) is 0 Å². The number of hydrogen-bond acceptors (Lipinski definition) is 3. The van der Waals surface area contributed by atoms with E-state index < -0.39 is 0 Å². The predicted octanol–water partition coefficient (Wildman–Crippen LogP) is 2.41. The molecule has 1 aromatic rings. The van der Waals surface area contributed by atoms with Crippen LogP contribution in [-0.2, 0) is 0 Å². The second-order valence-electron chi connectivity index (χ2n) is 4.54. The first-order valence-electron chi connectivity index (χ1n) is 6.23. The van der Waals surface area contributed by atoms with Gasteiger partial charge >= 0.3 is 0 Å². The van der Waals surface area contributed by atoms with Gasteiger partial charge in [0.25, 0.3) is 0 Å². The SMILES string of the molecule is CCCN1CCN(c2ccc(N)cc2I)CC1. The Morgan fingerprint density at radius 3 is 2.53 bits per heavy atom. The maximum absolute atomic E-state index is 5.79. The van der Waals surface area contributed by atoms with Gasteiger partial charge in [-0.25, -0.2) is 0 Å². The van der Waals surface area contributed by atoms with E-state index in [0.29, 0.717) is 0 Å². The summed E-state index contributed by atoms with van der Waals surface area (Å²) in [5.41, 5.74) is 7.97. The molecular formula is C13H20IN3. The molecule has 0 bridgehead atoms. The lowest BCUT2D eigenvalue weighted by Crippen LogP contribution is -2.46. The summed E-state index contributed by atoms with van der Waals surface area (Å²) in [6, 6.07) is 6.19. The maximum atomic E-state index is 5.79. The molecule has 1 fully saturated rings. The lowest BCUT2D eigenvalue weighted by Gasteiger charge is -2.36. The van der Waals surface area contributed by atoms with Crippen molar-refractivity contribution in [3.05, 3.63) is 21.8 Å². The average Bonchev–Trinajstić information content (AvgIpc) is 2.31. The van der Waals surface area contributed by atoms with Gasteiger partial charge in [0.2, 0.25) is 0 Å². The molecule has 0 saturated carbocycles. The van der Waals surface area contributed by atoms with Crippen molar-refractivity contribution in [2.45, 2.75) is 13.3 Å². The molecule has 1 aliphatic rings. The number of halogens is 1. The second kappa shape index (κ2) is 5.91. The van der Waals surface area contributed by atoms with Crippen molar-refractivity contribution in [2.75, 3.05) is 43.4 Å². The third kappa shape index (κ3) is 3.25. The normalized spacial score (nSPS) is 17.4. The number of rotatable bonds is 3. The van der Waals surface area contributed by atoms with Gasteiger partial charge in [-0.15, -0.1) is 0 Å². The Morgan fingerprint density at radius 2 is 1.94 bits per heavy atom. The maximum Gasteiger partial charge on any atom is 0.0504 e. The Kier molecular flexibility index (Phi) is 4.50. The van der Waals surface area contributed by atoms with E-state index in [-0.39, 0.29) is 0 Å². The summed E-state index contributed by atoms with van der Waals surface area (Å²) in [5.74, 6) is 0. The molecule has 17 heavy (non-hydrogen) atoms. The summed E-state index contributed by atoms with van der Waals surface area (Å²) < 4.78 is 1.26. The summed E-state index contributed by atoms with van der Waals surface area (Å²) in [5, 5.41) is 0. The van der Waals surface area contributed by atoms with Crippen molar-refractivity contribution in [1.29, 1.82) is 0 Å². The molecule has 1 aliphatic heterocycles. The van der Waals surface area contributed by atoms with E-state index in [1.807, 2.05) is 12.1 Å². The minimum Gasteiger partial charge on any atom is -0.399 e. The van der Waals surface area contributed by atoms with Crippen LogP contribution in [0.5, 0.6) is 0 Å². The summed E-state index contributed by atoms with van der Waals surface area (Å²) >= 11 is 2.38. The zero-order valence-electron chi connectivity index (χ0n) is 10.3. The van der Waals surface area contributed by atoms with Crippen molar-refractivity contribution in [2.24, 2.45) is 0 Å². The fraction of sp³-hybridized carbons (Fsp3) is 0.538. The van der Waals surface area contributed by atoms with E-state index in [1.54, 1.807) is 0 Å². The van der Waals surface area contributed by atoms with Gasteiger partial charge in [0.15, 0.2) is 0 Å². The third-order valence-corrected chi connectivity index (χ3v) is 4.09. The molecule has 94 valence electrons. The molecule has 0 atom stereocenters. The molecule has 3 nitrogen and oxygen atoms in total. The highest BCUT2D eigenvalue weighted by Crippen LogP contribution is 2.25. The molecule has 1 saturated heterocycles. The van der Waals surface area contributed by atoms with E-state index >= 15 is 0 Å². The van der Waals surface area contributed by atoms with Crippen LogP contribution in [0.2, 0.25) is 0 Å². The van der Waals surface area contributed by atoms with Crippen molar-refractivity contribution in [3.8, 4) is 0 Å². The van der Waals surface area contributed by atoms with Gasteiger partial charge in [-0.3, -0.25) is 4.90 Å². The van der Waals surface area contributed by atoms with Crippen LogP contribution in [0.15, 0.2) is 18.2 Å². The molecule has 0 aromatic heterocycles. The fourth-order valence-corrected chi connectivity index (χ4v) is 3.19. The third-order valence-electron chi connectivity index (χ3n) is 3.22. The molecule has 2 N–H and O–H groups in total. The Morgan fingerprint density at radius 1 is 1.24 bits per heavy atom. The largest absolute Gasteiger partial charge is 0.399 e. The molecule has 1 aromatic carbocycles. The summed E-state index contributed by atoms with van der Waals surface area (Å²) in [6.07, 6.45) is 1.25. The first-order valence-corrected chi connectivity index (χ1v) is 7.31. The van der Waals surface area contributed by atoms with Crippen molar-refractivity contribution >= 4 is 34.0 Å². The lowest BCUT2D eigenvalue weighted by atomic mass is 10.2. The van der Waals surface area contributed by atoms with Crippen LogP contribution < -0.4 is 10.6 Å². The minimum absolute atomic E-state index is 0.850. The molecule has 0 radical (unpaired) electrons. The van der Waals surface area contributed by atoms with E-state index in [2.05, 4.69) is 45.4 Å². The standard InChI is InChI=1S/C13H20IN3/c1-2-5-16-6-8-17(9-7-16)13-4-3-11(15)10-12(13)14/h3-4,10H,2,5-9,15H2,1H3. The Hall–Kier alpha value is -0.490. The van der Waals surface area contributed by atoms with Gasteiger partial charge in [-0.2, -0.15) is 0 Å². The average molecular weight is 345 g/mol. The summed E-state index contributed by atoms with van der Waals surface area (Å²) in [6.45, 7) is 8.07. The minimum atomic E-state index is 0.850. The van der Waals surface area contributed by atoms with Crippen molar-refractivity contribution < 1.29 is 0 Å². The zero-order valence-corrected chi connectivity index (χ0v) is 12.5. The number of nitrogens with zero attached hydrogens (tertiary/aromatic N) is 2. The van der Waals surface area contributed by atoms with Crippen LogP contribution in [-0.4, -0.2) is 37.6 Å². The highest BCUT2D eigenvalue weighted by atomic mass is 127. The molecule has 0 spiro atoms. The monoisotopic (exact) mass is 345 g/mol. The topological polar surface area (TPSA) is 32.5 Å². The molecule has 2 rings (SSSR count). The van der Waals surface area contributed by atoms with Gasteiger partial charge in [0.05, 0.1) is 5.69 Å². The van der Waals surface area contributed by atoms with Crippen molar-refractivity contribution in [3.63, 3.8) is 0 Å². The number of nitrogens with two attached hydrogens (primary N) is 1. The van der Waals surface area contributed by atoms with Gasteiger partial charge in [0.1, 0.15) is 0 Å². The Bertz CT molecular complexity index is 373. The highest BCUT2D eigenvalue weighted by Gasteiger charge is 2.17. The zero-order chi connectivity index (χ0) is 12.3. The molecular weight excluding hydrogens is 325 g/mol. The molecule has 0 aliphatic carbocycles. The second-order valence-corrected chi connectivity index (χ2v) is 5.70. The van der Waals surface area contributed by atoms with E-state index in [4.69, 9.17) is 5.73 Å². The Labute approximate surface area is 117 Å². The number of piperazine rings is 1. The molecule has 4 heteroatoms. The number of hydrogen-bond donors (Lipinski definition) is 1. The number of anilines is 2. The van der Waals surface area contributed by atoms with Gasteiger partial charge < -0.3 is 10.6 Å². The summed E-state index contributed by atoms with van der Waals surface area (Å²) in [7, 11) is 0. The number of benzene rings is 1. The fourth-order valence-electron chi connectivity index (χ4n) is 2.31. The van der Waals surface area contributed by atoms with Crippen LogP contribution in [0.1, 0.15) is 13.3 Å². The highest BCUT2D eigenvalue weighted by molar-refractivity contribution is 14.1. The Balaban J connectivity index is 2.00. The molecule has 1 heterocycles. The first-order chi connectivity index (χ1) is 8.20. The van der Waals surface area contributed by atoms with E-state index in [0.717, 1.165) is 18.8 Å². The molecule has 0 unspecified atom stereocenters. The van der Waals surface area contributed by atoms with Crippen molar-refractivity contribution in [1.82, 2.24) is 4.90 Å². The van der Waals surface area contributed by atoms with Crippen LogP contribution in [0.3, 0.4) is 0 Å². The van der Waals surface area contributed by atoms with Gasteiger partial charge in [-0.1, -0.05) is 6.92 Å². The number of nitrogen functional groups attached to an aromatic ring is 1. The molecule has 0 amide bonds. The quantitative estimate of drug-likeness (QED) is 0.675. The van der Waals surface area contributed by atoms with Crippen LogP contribution in [0.25, 0.3) is 0 Å². The van der Waals surface area contributed by atoms with Crippen LogP contribution >= 0.6 is 22.6 Å². The van der Waals surface area contributed by atoms with Crippen LogP contribution in [0, 0.1) is 3.57 Å². The summed E-state index contributed by atoms with van der Waals surface area (Å²) in [4.78, 5) is 5.01. The lowest BCUT2D eigenvalue weighted by molar-refractivity contribution is 0.258. The van der Waals surface area contributed by atoms with Gasteiger partial charge in [0, 0.05) is 35.4 Å². The van der Waals surface area contributed by atoms with Crippen LogP contribution in [0.4, 0.5) is 11.4 Å². The predicted molar refractivity (Wildman–Crippen MR) is 82.5 cm³/mol. The van der Waals surface area contributed by atoms with Gasteiger partial charge in [-0.05, 0) is 53.8 Å². The smallest absolute Gasteiger partial charge is 0.0504 e. The first kappa shape index (κ1) is 13.0. The van der Waals surface area contributed by atoms with E-state index in [1.165, 1.54) is 35.3 Å².